The van der Waals surface area contributed by atoms with Gasteiger partial charge in [0.25, 0.3) is 0 Å². The predicted molar refractivity (Wildman–Crippen MR) is 83.7 cm³/mol. The van der Waals surface area contributed by atoms with Gasteiger partial charge in [0.05, 0.1) is 0 Å². The second kappa shape index (κ2) is 7.21. The zero-order valence-corrected chi connectivity index (χ0v) is 13.8. The minimum atomic E-state index is -0.282. The molecule has 2 fully saturated rings. The summed E-state index contributed by atoms with van der Waals surface area (Å²) in [6.07, 6.45) is 1.01. The Morgan fingerprint density at radius 3 is 2.05 bits per heavy atom. The molecule has 4 heteroatoms. The highest BCUT2D eigenvalue weighted by Crippen LogP contribution is 2.23. The molecule has 0 radical (unpaired) electrons. The summed E-state index contributed by atoms with van der Waals surface area (Å²) in [6, 6.07) is 0.625. The fraction of sp³-hybridized carbons (Fsp3) is 1.00. The molecule has 1 N–H and O–H groups in total. The third kappa shape index (κ3) is 4.17. The van der Waals surface area contributed by atoms with Gasteiger partial charge in [0, 0.05) is 45.3 Å². The van der Waals surface area contributed by atoms with Crippen molar-refractivity contribution in [3.05, 3.63) is 0 Å². The van der Waals surface area contributed by atoms with Gasteiger partial charge in [0.15, 0.2) is 0 Å². The smallest absolute Gasteiger partial charge is 0.120 e. The van der Waals surface area contributed by atoms with Crippen molar-refractivity contribution in [2.24, 2.45) is 11.8 Å². The van der Waals surface area contributed by atoms with Crippen molar-refractivity contribution in [3.8, 4) is 0 Å². The molecule has 2 heterocycles. The van der Waals surface area contributed by atoms with Crippen molar-refractivity contribution in [1.82, 2.24) is 14.7 Å². The maximum atomic E-state index is 10.4. The van der Waals surface area contributed by atoms with Crippen LogP contribution in [0.1, 0.15) is 34.1 Å². The second-order valence-electron chi connectivity index (χ2n) is 7.20. The highest BCUT2D eigenvalue weighted by atomic mass is 16.3. The minimum absolute atomic E-state index is 0.282. The Morgan fingerprint density at radius 2 is 1.55 bits per heavy atom. The van der Waals surface area contributed by atoms with E-state index < -0.39 is 0 Å². The number of hydrogen-bond donors (Lipinski definition) is 1. The molecule has 0 aromatic rings. The first-order chi connectivity index (χ1) is 9.47. The molecule has 2 unspecified atom stereocenters. The van der Waals surface area contributed by atoms with E-state index in [0.29, 0.717) is 6.04 Å². The fourth-order valence-corrected chi connectivity index (χ4v) is 3.47. The van der Waals surface area contributed by atoms with Crippen LogP contribution in [-0.4, -0.2) is 77.9 Å². The molecule has 2 rings (SSSR count). The molecule has 0 aromatic carbocycles. The van der Waals surface area contributed by atoms with E-state index in [2.05, 4.69) is 42.4 Å². The predicted octanol–water partition coefficient (Wildman–Crippen LogP) is 1.31. The van der Waals surface area contributed by atoms with Gasteiger partial charge in [-0.15, -0.1) is 0 Å². The van der Waals surface area contributed by atoms with Crippen molar-refractivity contribution in [2.45, 2.75) is 46.4 Å². The maximum Gasteiger partial charge on any atom is 0.120 e. The first-order valence-electron chi connectivity index (χ1n) is 8.36. The Hall–Kier alpha value is -0.160. The van der Waals surface area contributed by atoms with Crippen molar-refractivity contribution in [3.63, 3.8) is 0 Å². The van der Waals surface area contributed by atoms with Gasteiger partial charge in [0.1, 0.15) is 6.23 Å². The van der Waals surface area contributed by atoms with Crippen molar-refractivity contribution in [2.75, 3.05) is 45.8 Å². The molecule has 2 saturated heterocycles. The van der Waals surface area contributed by atoms with E-state index in [1.807, 2.05) is 0 Å². The molecule has 20 heavy (non-hydrogen) atoms. The molecule has 118 valence electrons. The second-order valence-corrected chi connectivity index (χ2v) is 7.20. The quantitative estimate of drug-likeness (QED) is 0.824. The van der Waals surface area contributed by atoms with Gasteiger partial charge in [-0.1, -0.05) is 13.8 Å². The highest BCUT2D eigenvalue weighted by molar-refractivity contribution is 4.81. The Morgan fingerprint density at radius 1 is 0.950 bits per heavy atom. The van der Waals surface area contributed by atoms with Crippen molar-refractivity contribution < 1.29 is 5.11 Å². The number of nitrogens with zero attached hydrogens (tertiary/aromatic N) is 3. The first kappa shape index (κ1) is 16.2. The van der Waals surface area contributed by atoms with E-state index in [4.69, 9.17) is 0 Å². The van der Waals surface area contributed by atoms with Gasteiger partial charge in [-0.2, -0.15) is 0 Å². The number of hydrogen-bond acceptors (Lipinski definition) is 4. The van der Waals surface area contributed by atoms with Crippen LogP contribution in [0.15, 0.2) is 0 Å². The first-order valence-corrected chi connectivity index (χ1v) is 8.36. The van der Waals surface area contributed by atoms with Crippen LogP contribution in [0.4, 0.5) is 0 Å². The monoisotopic (exact) mass is 283 g/mol. The van der Waals surface area contributed by atoms with E-state index in [9.17, 15) is 5.11 Å². The minimum Gasteiger partial charge on any atom is -0.377 e. The molecule has 0 bridgehead atoms. The van der Waals surface area contributed by atoms with Gasteiger partial charge < -0.3 is 5.11 Å². The Balaban J connectivity index is 1.72. The van der Waals surface area contributed by atoms with Gasteiger partial charge in [-0.05, 0) is 38.6 Å². The number of aliphatic hydroxyl groups is 1. The lowest BCUT2D eigenvalue weighted by Crippen LogP contribution is -2.54. The normalized spacial score (nSPS) is 28.6. The number of rotatable bonds is 5. The zero-order valence-electron chi connectivity index (χ0n) is 13.8. The summed E-state index contributed by atoms with van der Waals surface area (Å²) in [5.41, 5.74) is 0. The van der Waals surface area contributed by atoms with Crippen molar-refractivity contribution in [1.29, 1.82) is 0 Å². The Labute approximate surface area is 124 Å². The van der Waals surface area contributed by atoms with Gasteiger partial charge in [-0.25, -0.2) is 0 Å². The Bertz CT molecular complexity index is 287. The fourth-order valence-electron chi connectivity index (χ4n) is 3.47. The molecule has 2 atom stereocenters. The van der Waals surface area contributed by atoms with Gasteiger partial charge in [0.2, 0.25) is 0 Å². The average molecular weight is 283 g/mol. The average Bonchev–Trinajstić information content (AvgIpc) is 2.87. The molecule has 4 nitrogen and oxygen atoms in total. The van der Waals surface area contributed by atoms with Crippen LogP contribution in [0, 0.1) is 11.8 Å². The molecule has 0 spiro atoms. The lowest BCUT2D eigenvalue weighted by atomic mass is 9.95. The summed E-state index contributed by atoms with van der Waals surface area (Å²) in [4.78, 5) is 7.19. The standard InChI is InChI=1S/C16H33N3O/c1-13(2)15-5-6-17(11-15)12-16(20)19-9-7-18(8-10-19)14(3)4/h13-16,20H,5-12H2,1-4H3. The van der Waals surface area contributed by atoms with E-state index in [1.165, 1.54) is 13.0 Å². The highest BCUT2D eigenvalue weighted by Gasteiger charge is 2.29. The number of piperazine rings is 1. The van der Waals surface area contributed by atoms with Crippen LogP contribution < -0.4 is 0 Å². The molecular weight excluding hydrogens is 250 g/mol. The van der Waals surface area contributed by atoms with Gasteiger partial charge in [-0.3, -0.25) is 14.7 Å². The van der Waals surface area contributed by atoms with E-state index in [0.717, 1.165) is 51.1 Å². The summed E-state index contributed by atoms with van der Waals surface area (Å²) >= 11 is 0. The molecule has 0 aromatic heterocycles. The van der Waals surface area contributed by atoms with Crippen LogP contribution in [0.25, 0.3) is 0 Å². The molecule has 2 aliphatic heterocycles. The lowest BCUT2D eigenvalue weighted by molar-refractivity contribution is -0.0451. The molecule has 0 aliphatic carbocycles. The summed E-state index contributed by atoms with van der Waals surface area (Å²) < 4.78 is 0. The summed E-state index contributed by atoms with van der Waals surface area (Å²) in [7, 11) is 0. The van der Waals surface area contributed by atoms with Crippen LogP contribution >= 0.6 is 0 Å². The molecule has 0 amide bonds. The lowest BCUT2D eigenvalue weighted by Gasteiger charge is -2.39. The van der Waals surface area contributed by atoms with Crippen LogP contribution in [-0.2, 0) is 0 Å². The van der Waals surface area contributed by atoms with Crippen LogP contribution in [0.2, 0.25) is 0 Å². The summed E-state index contributed by atoms with van der Waals surface area (Å²) in [5.74, 6) is 1.59. The molecule has 0 saturated carbocycles. The maximum absolute atomic E-state index is 10.4. The van der Waals surface area contributed by atoms with Crippen LogP contribution in [0.5, 0.6) is 0 Å². The molecular formula is C16H33N3O. The zero-order chi connectivity index (χ0) is 14.7. The number of aliphatic hydroxyl groups excluding tert-OH is 1. The Kier molecular flexibility index (Phi) is 5.84. The summed E-state index contributed by atoms with van der Waals surface area (Å²) in [6.45, 7) is 16.5. The van der Waals surface area contributed by atoms with Crippen molar-refractivity contribution >= 4 is 0 Å². The van der Waals surface area contributed by atoms with E-state index in [-0.39, 0.29) is 6.23 Å². The SMILES string of the molecule is CC(C)C1CCN(CC(O)N2CCN(C(C)C)CC2)C1. The number of likely N-dealkylation sites (tertiary alicyclic amines) is 1. The van der Waals surface area contributed by atoms with E-state index >= 15 is 0 Å². The van der Waals surface area contributed by atoms with Crippen LogP contribution in [0.3, 0.4) is 0 Å². The van der Waals surface area contributed by atoms with E-state index in [1.54, 1.807) is 0 Å². The number of β-amino-alcohol motifs (C(OH)–C–C–N with tert-alkyl or cyclic N) is 1. The summed E-state index contributed by atoms with van der Waals surface area (Å²) in [5, 5.41) is 10.4. The molecule has 2 aliphatic rings. The largest absolute Gasteiger partial charge is 0.377 e. The third-order valence-corrected chi connectivity index (χ3v) is 5.17. The third-order valence-electron chi connectivity index (χ3n) is 5.17. The van der Waals surface area contributed by atoms with Gasteiger partial charge >= 0.3 is 0 Å². The topological polar surface area (TPSA) is 30.0 Å².